The molecule has 0 heterocycles. The van der Waals surface area contributed by atoms with E-state index >= 15 is 0 Å². The van der Waals surface area contributed by atoms with Crippen LogP contribution in [0.2, 0.25) is 0 Å². The zero-order valence-electron chi connectivity index (χ0n) is 19.9. The summed E-state index contributed by atoms with van der Waals surface area (Å²) in [5.41, 5.74) is 5.32. The van der Waals surface area contributed by atoms with Crippen LogP contribution < -0.4 is 0 Å². The third-order valence-corrected chi connectivity index (χ3v) is 9.55. The van der Waals surface area contributed by atoms with Gasteiger partial charge in [-0.15, -0.1) is 0 Å². The standard InChI is InChI=1S/C29H36O3/c1-18(30)27-24(20-8-6-5-7-9-20)17-26-23-11-10-21-16-22(32-19(2)31)12-14-28(21,3)25(23)13-15-29(26,27)4/h5-10,22-23,25-26H,11-17H2,1-4H3/t22-,23+,25-,26+,28+,29+/m1/s1. The van der Waals surface area contributed by atoms with Gasteiger partial charge in [-0.05, 0) is 85.2 Å². The summed E-state index contributed by atoms with van der Waals surface area (Å²) in [6, 6.07) is 10.6. The second-order valence-electron chi connectivity index (χ2n) is 11.2. The largest absolute Gasteiger partial charge is 0.462 e. The smallest absolute Gasteiger partial charge is 0.302 e. The van der Waals surface area contributed by atoms with Crippen molar-refractivity contribution in [2.45, 2.75) is 78.7 Å². The molecule has 5 rings (SSSR count). The zero-order valence-corrected chi connectivity index (χ0v) is 19.9. The summed E-state index contributed by atoms with van der Waals surface area (Å²) >= 11 is 0. The molecule has 2 fully saturated rings. The summed E-state index contributed by atoms with van der Waals surface area (Å²) in [7, 11) is 0. The Bertz CT molecular complexity index is 1000. The van der Waals surface area contributed by atoms with Gasteiger partial charge in [0.05, 0.1) is 0 Å². The molecule has 0 aromatic heterocycles. The molecule has 0 N–H and O–H groups in total. The number of Topliss-reactive ketones (excluding diaryl/α,β-unsaturated/α-hetero) is 1. The molecule has 32 heavy (non-hydrogen) atoms. The van der Waals surface area contributed by atoms with Gasteiger partial charge in [-0.25, -0.2) is 0 Å². The van der Waals surface area contributed by atoms with E-state index in [1.165, 1.54) is 30.1 Å². The third kappa shape index (κ3) is 3.23. The number of carbonyl (C=O) groups is 2. The van der Waals surface area contributed by atoms with Gasteiger partial charge in [-0.2, -0.15) is 0 Å². The molecule has 4 aliphatic rings. The van der Waals surface area contributed by atoms with Crippen LogP contribution >= 0.6 is 0 Å². The molecule has 0 unspecified atom stereocenters. The van der Waals surface area contributed by atoms with Crippen LogP contribution in [0.25, 0.3) is 5.57 Å². The van der Waals surface area contributed by atoms with Gasteiger partial charge in [-0.1, -0.05) is 55.8 Å². The molecule has 2 saturated carbocycles. The van der Waals surface area contributed by atoms with Crippen molar-refractivity contribution in [1.29, 1.82) is 0 Å². The minimum absolute atomic E-state index is 0.0190. The first-order chi connectivity index (χ1) is 15.2. The second-order valence-corrected chi connectivity index (χ2v) is 11.2. The summed E-state index contributed by atoms with van der Waals surface area (Å²) in [6.07, 6.45) is 9.87. The van der Waals surface area contributed by atoms with Gasteiger partial charge in [-0.3, -0.25) is 9.59 Å². The Morgan fingerprint density at radius 2 is 1.66 bits per heavy atom. The number of hydrogen-bond acceptors (Lipinski definition) is 3. The van der Waals surface area contributed by atoms with E-state index in [9.17, 15) is 9.59 Å². The average Bonchev–Trinajstić information content (AvgIpc) is 3.08. The number of fused-ring (bicyclic) bond motifs is 5. The van der Waals surface area contributed by atoms with Crippen molar-refractivity contribution in [2.75, 3.05) is 0 Å². The number of hydrogen-bond donors (Lipinski definition) is 0. The van der Waals surface area contributed by atoms with Crippen molar-refractivity contribution >= 4 is 17.3 Å². The molecule has 0 radical (unpaired) electrons. The van der Waals surface area contributed by atoms with Crippen LogP contribution in [0.1, 0.15) is 78.2 Å². The van der Waals surface area contributed by atoms with E-state index in [4.69, 9.17) is 4.74 Å². The van der Waals surface area contributed by atoms with Gasteiger partial charge in [0.2, 0.25) is 0 Å². The molecule has 0 spiro atoms. The molecular formula is C29H36O3. The van der Waals surface area contributed by atoms with E-state index in [0.717, 1.165) is 44.1 Å². The first kappa shape index (κ1) is 21.7. The molecule has 0 bridgehead atoms. The lowest BCUT2D eigenvalue weighted by molar-refractivity contribution is -0.148. The van der Waals surface area contributed by atoms with Crippen molar-refractivity contribution in [3.8, 4) is 0 Å². The number of carbonyl (C=O) groups excluding carboxylic acids is 2. The van der Waals surface area contributed by atoms with E-state index in [2.05, 4.69) is 50.3 Å². The van der Waals surface area contributed by atoms with E-state index in [1.54, 1.807) is 6.92 Å². The van der Waals surface area contributed by atoms with Gasteiger partial charge < -0.3 is 4.74 Å². The first-order valence-electron chi connectivity index (χ1n) is 12.4. The monoisotopic (exact) mass is 432 g/mol. The quantitative estimate of drug-likeness (QED) is 0.403. The van der Waals surface area contributed by atoms with Crippen LogP contribution in [0.3, 0.4) is 0 Å². The van der Waals surface area contributed by atoms with E-state index in [0.29, 0.717) is 17.8 Å². The average molecular weight is 433 g/mol. The molecule has 6 atom stereocenters. The molecular weight excluding hydrogens is 396 g/mol. The fourth-order valence-electron chi connectivity index (χ4n) is 8.15. The first-order valence-corrected chi connectivity index (χ1v) is 12.4. The van der Waals surface area contributed by atoms with Crippen LogP contribution in [0.15, 0.2) is 47.6 Å². The molecule has 1 aromatic rings. The highest BCUT2D eigenvalue weighted by atomic mass is 16.5. The molecule has 170 valence electrons. The van der Waals surface area contributed by atoms with Gasteiger partial charge in [0, 0.05) is 18.9 Å². The van der Waals surface area contributed by atoms with Gasteiger partial charge in [0.1, 0.15) is 6.10 Å². The van der Waals surface area contributed by atoms with Crippen LogP contribution in [-0.2, 0) is 14.3 Å². The van der Waals surface area contributed by atoms with E-state index in [-0.39, 0.29) is 28.7 Å². The molecule has 1 aromatic carbocycles. The van der Waals surface area contributed by atoms with Crippen molar-refractivity contribution in [3.63, 3.8) is 0 Å². The minimum atomic E-state index is -0.163. The lowest BCUT2D eigenvalue weighted by Gasteiger charge is -2.57. The Labute approximate surface area is 192 Å². The van der Waals surface area contributed by atoms with Crippen molar-refractivity contribution < 1.29 is 14.3 Å². The van der Waals surface area contributed by atoms with Crippen molar-refractivity contribution in [2.24, 2.45) is 28.6 Å². The maximum atomic E-state index is 13.0. The Morgan fingerprint density at radius 1 is 0.938 bits per heavy atom. The number of benzene rings is 1. The number of esters is 1. The third-order valence-electron chi connectivity index (χ3n) is 9.55. The molecule has 0 aliphatic heterocycles. The lowest BCUT2D eigenvalue weighted by Crippen LogP contribution is -2.50. The van der Waals surface area contributed by atoms with Gasteiger partial charge in [0.15, 0.2) is 5.78 Å². The highest BCUT2D eigenvalue weighted by Gasteiger charge is 2.58. The van der Waals surface area contributed by atoms with Crippen LogP contribution in [0.4, 0.5) is 0 Å². The summed E-state index contributed by atoms with van der Waals surface area (Å²) in [5.74, 6) is 1.89. The van der Waals surface area contributed by atoms with E-state index < -0.39 is 0 Å². The summed E-state index contributed by atoms with van der Waals surface area (Å²) < 4.78 is 5.59. The predicted octanol–water partition coefficient (Wildman–Crippen LogP) is 6.53. The summed E-state index contributed by atoms with van der Waals surface area (Å²) in [5, 5.41) is 0. The van der Waals surface area contributed by atoms with Crippen LogP contribution in [-0.4, -0.2) is 17.9 Å². The number of allylic oxidation sites excluding steroid dienone is 3. The predicted molar refractivity (Wildman–Crippen MR) is 127 cm³/mol. The lowest BCUT2D eigenvalue weighted by atomic mass is 9.47. The van der Waals surface area contributed by atoms with Gasteiger partial charge in [0.25, 0.3) is 0 Å². The highest BCUT2D eigenvalue weighted by molar-refractivity contribution is 6.03. The Hall–Kier alpha value is -2.16. The molecule has 4 aliphatic carbocycles. The Morgan fingerprint density at radius 3 is 2.34 bits per heavy atom. The highest BCUT2D eigenvalue weighted by Crippen LogP contribution is 2.67. The molecule has 0 amide bonds. The SMILES string of the molecule is CC(=O)O[C@@H]1CC[C@@]2(C)C(=CC[C@H]3[C@H]2CC[C@]2(C)C(C(C)=O)=C(c4ccccc4)C[C@@H]32)C1. The maximum Gasteiger partial charge on any atom is 0.302 e. The summed E-state index contributed by atoms with van der Waals surface area (Å²) in [4.78, 5) is 24.5. The van der Waals surface area contributed by atoms with Crippen molar-refractivity contribution in [3.05, 3.63) is 53.1 Å². The fraction of sp³-hybridized carbons (Fsp3) is 0.586. The fourth-order valence-corrected chi connectivity index (χ4v) is 8.15. The maximum absolute atomic E-state index is 13.0. The zero-order chi connectivity index (χ0) is 22.7. The minimum Gasteiger partial charge on any atom is -0.462 e. The van der Waals surface area contributed by atoms with E-state index in [1.807, 2.05) is 0 Å². The van der Waals surface area contributed by atoms with Crippen LogP contribution in [0.5, 0.6) is 0 Å². The number of ether oxygens (including phenoxy) is 1. The molecule has 0 saturated heterocycles. The number of ketones is 1. The van der Waals surface area contributed by atoms with Gasteiger partial charge >= 0.3 is 5.97 Å². The molecule has 3 nitrogen and oxygen atoms in total. The Balaban J connectivity index is 1.48. The topological polar surface area (TPSA) is 43.4 Å². The molecule has 3 heteroatoms. The summed E-state index contributed by atoms with van der Waals surface area (Å²) in [6.45, 7) is 8.13. The Kier molecular flexibility index (Phi) is 5.22. The second kappa shape index (κ2) is 7.71. The van der Waals surface area contributed by atoms with Crippen molar-refractivity contribution in [1.82, 2.24) is 0 Å². The normalized spacial score (nSPS) is 38.3. The number of rotatable bonds is 3. The van der Waals surface area contributed by atoms with Crippen LogP contribution in [0, 0.1) is 28.6 Å².